The van der Waals surface area contributed by atoms with Gasteiger partial charge in [0.05, 0.1) is 19.8 Å². The smallest absolute Gasteiger partial charge is 0.462 e. The van der Waals surface area contributed by atoms with E-state index in [0.717, 1.165) is 44.9 Å². The second-order valence-corrected chi connectivity index (χ2v) is 15.8. The molecule has 320 valence electrons. The van der Waals surface area contributed by atoms with Crippen LogP contribution in [0.2, 0.25) is 0 Å². The first-order chi connectivity index (χ1) is 26.7. The molecule has 10 nitrogen and oxygen atoms in total. The Morgan fingerprint density at radius 1 is 0.545 bits per heavy atom. The topological polar surface area (TPSA) is 149 Å². The lowest BCUT2D eigenvalue weighted by Gasteiger charge is -2.20. The van der Waals surface area contributed by atoms with Crippen LogP contribution in [0.15, 0.2) is 48.6 Å². The van der Waals surface area contributed by atoms with Crippen LogP contribution in [0.1, 0.15) is 181 Å². The van der Waals surface area contributed by atoms with Crippen molar-refractivity contribution in [3.8, 4) is 0 Å². The number of rotatable bonds is 40. The van der Waals surface area contributed by atoms with Gasteiger partial charge >= 0.3 is 19.8 Å². The minimum Gasteiger partial charge on any atom is -0.462 e. The molecule has 0 aromatic carbocycles. The summed E-state index contributed by atoms with van der Waals surface area (Å²) < 4.78 is 32.6. The highest BCUT2D eigenvalue weighted by molar-refractivity contribution is 7.47. The highest BCUT2D eigenvalue weighted by Gasteiger charge is 2.27. The fourth-order valence-electron chi connectivity index (χ4n) is 5.63. The minimum atomic E-state index is -4.63. The van der Waals surface area contributed by atoms with E-state index >= 15 is 0 Å². The van der Waals surface area contributed by atoms with E-state index in [1.807, 2.05) is 12.2 Å². The molecule has 0 amide bonds. The number of unbranched alkanes of at least 4 members (excludes halogenated alkanes) is 18. The van der Waals surface area contributed by atoms with Gasteiger partial charge in [-0.05, 0) is 51.4 Å². The lowest BCUT2D eigenvalue weighted by atomic mass is 10.0. The van der Waals surface area contributed by atoms with Crippen LogP contribution in [0.4, 0.5) is 0 Å². The van der Waals surface area contributed by atoms with E-state index in [1.165, 1.54) is 89.9 Å². The second kappa shape index (κ2) is 40.1. The quantitative estimate of drug-likeness (QED) is 0.0237. The zero-order chi connectivity index (χ0) is 40.5. The molecule has 0 rings (SSSR count). The predicted octanol–water partition coefficient (Wildman–Crippen LogP) is 11.3. The van der Waals surface area contributed by atoms with Crippen molar-refractivity contribution in [3.05, 3.63) is 48.6 Å². The number of phosphoric acid groups is 1. The van der Waals surface area contributed by atoms with E-state index in [2.05, 4.69) is 54.8 Å². The monoisotopic (exact) mass is 799 g/mol. The first-order valence-corrected chi connectivity index (χ1v) is 23.1. The van der Waals surface area contributed by atoms with Crippen LogP contribution in [0.5, 0.6) is 0 Å². The van der Waals surface area contributed by atoms with Crippen LogP contribution in [0.3, 0.4) is 0 Å². The Balaban J connectivity index is 4.39. The summed E-state index contributed by atoms with van der Waals surface area (Å²) in [4.78, 5) is 34.9. The van der Waals surface area contributed by atoms with Gasteiger partial charge in [0.25, 0.3) is 0 Å². The molecule has 55 heavy (non-hydrogen) atoms. The Morgan fingerprint density at radius 2 is 0.964 bits per heavy atom. The molecule has 0 spiro atoms. The van der Waals surface area contributed by atoms with E-state index in [4.69, 9.17) is 19.1 Å². The van der Waals surface area contributed by atoms with Crippen molar-refractivity contribution in [1.29, 1.82) is 0 Å². The standard InChI is InChI=1S/C44H79O10P/c1-3-5-7-9-11-13-15-17-19-20-22-24-26-28-30-32-34-36-44(48)54-42(40-53-55(49,50)52-38-41(46)37-45)39-51-43(47)35-33-31-29-27-25-23-21-18-16-14-12-10-8-6-4-2/h11,13,17,19,22,24,28,30,41-42,45-46H,3-10,12,14-16,18,20-21,23,25-27,29,31-40H2,1-2H3,(H,49,50)/b13-11-,19-17-,24-22-,30-28-/t41-,42+/m0/s1. The summed E-state index contributed by atoms with van der Waals surface area (Å²) in [5, 5.41) is 18.3. The Bertz CT molecular complexity index is 1060. The van der Waals surface area contributed by atoms with Gasteiger partial charge in [-0.2, -0.15) is 0 Å². The van der Waals surface area contributed by atoms with Gasteiger partial charge in [-0.3, -0.25) is 18.6 Å². The molecular weight excluding hydrogens is 719 g/mol. The molecule has 0 fully saturated rings. The number of carbonyl (C=O) groups excluding carboxylic acids is 2. The number of aliphatic hydroxyl groups is 2. The van der Waals surface area contributed by atoms with Crippen molar-refractivity contribution in [2.75, 3.05) is 26.4 Å². The van der Waals surface area contributed by atoms with Crippen molar-refractivity contribution in [2.24, 2.45) is 0 Å². The molecule has 0 radical (unpaired) electrons. The summed E-state index contributed by atoms with van der Waals surface area (Å²) in [7, 11) is -4.63. The summed E-state index contributed by atoms with van der Waals surface area (Å²) in [5.41, 5.74) is 0. The number of ether oxygens (including phenoxy) is 2. The molecule has 0 saturated carbocycles. The molecule has 3 atom stereocenters. The maximum Gasteiger partial charge on any atom is 0.472 e. The predicted molar refractivity (Wildman–Crippen MR) is 224 cm³/mol. The third-order valence-electron chi connectivity index (χ3n) is 8.99. The number of allylic oxidation sites excluding steroid dienone is 8. The molecule has 0 aliphatic heterocycles. The van der Waals surface area contributed by atoms with Gasteiger partial charge in [-0.25, -0.2) is 4.57 Å². The van der Waals surface area contributed by atoms with Gasteiger partial charge in [0.2, 0.25) is 0 Å². The molecule has 0 aromatic rings. The van der Waals surface area contributed by atoms with E-state index in [-0.39, 0.29) is 19.4 Å². The van der Waals surface area contributed by atoms with E-state index in [9.17, 15) is 24.2 Å². The largest absolute Gasteiger partial charge is 0.472 e. The molecular formula is C44H79O10P. The van der Waals surface area contributed by atoms with Crippen LogP contribution < -0.4 is 0 Å². The summed E-state index contributed by atoms with van der Waals surface area (Å²) in [5.74, 6) is -0.988. The van der Waals surface area contributed by atoms with Crippen molar-refractivity contribution < 1.29 is 47.8 Å². The SMILES string of the molecule is CCCCC/C=C\C/C=C\C/C=C\C/C=C\CCCC(=O)O[C@H](COC(=O)CCCCCCCCCCCCCCCCC)COP(=O)(O)OC[C@@H](O)CO. The van der Waals surface area contributed by atoms with Crippen LogP contribution in [-0.2, 0) is 32.7 Å². The number of aliphatic hydroxyl groups excluding tert-OH is 2. The first-order valence-electron chi connectivity index (χ1n) is 21.6. The highest BCUT2D eigenvalue weighted by Crippen LogP contribution is 2.43. The molecule has 0 bridgehead atoms. The molecule has 0 aliphatic carbocycles. The van der Waals surface area contributed by atoms with Gasteiger partial charge in [-0.15, -0.1) is 0 Å². The summed E-state index contributed by atoms with van der Waals surface area (Å²) in [6, 6.07) is 0. The molecule has 11 heteroatoms. The minimum absolute atomic E-state index is 0.109. The molecule has 0 heterocycles. The normalized spacial score (nSPS) is 14.3. The summed E-state index contributed by atoms with van der Waals surface area (Å²) >= 11 is 0. The van der Waals surface area contributed by atoms with Crippen molar-refractivity contribution in [2.45, 2.75) is 193 Å². The lowest BCUT2D eigenvalue weighted by Crippen LogP contribution is -2.29. The lowest BCUT2D eigenvalue weighted by molar-refractivity contribution is -0.161. The third kappa shape index (κ3) is 39.9. The summed E-state index contributed by atoms with van der Waals surface area (Å²) in [6.07, 6.45) is 42.2. The van der Waals surface area contributed by atoms with E-state index in [0.29, 0.717) is 19.3 Å². The fraction of sp³-hybridized carbons (Fsp3) is 0.773. The average molecular weight is 799 g/mol. The number of esters is 2. The van der Waals surface area contributed by atoms with Crippen molar-refractivity contribution in [1.82, 2.24) is 0 Å². The van der Waals surface area contributed by atoms with Gasteiger partial charge in [0.15, 0.2) is 6.10 Å². The van der Waals surface area contributed by atoms with Crippen molar-refractivity contribution in [3.63, 3.8) is 0 Å². The highest BCUT2D eigenvalue weighted by atomic mass is 31.2. The van der Waals surface area contributed by atoms with E-state index < -0.39 is 51.8 Å². The fourth-order valence-corrected chi connectivity index (χ4v) is 6.42. The molecule has 0 saturated heterocycles. The van der Waals surface area contributed by atoms with Crippen LogP contribution in [-0.4, -0.2) is 65.7 Å². The third-order valence-corrected chi connectivity index (χ3v) is 9.94. The number of hydrogen-bond donors (Lipinski definition) is 3. The zero-order valence-electron chi connectivity index (χ0n) is 34.6. The molecule has 1 unspecified atom stereocenters. The number of phosphoric ester groups is 1. The van der Waals surface area contributed by atoms with Gasteiger partial charge in [-0.1, -0.05) is 165 Å². The summed E-state index contributed by atoms with van der Waals surface area (Å²) in [6.45, 7) is 2.29. The number of carbonyl (C=O) groups is 2. The Kier molecular flexibility index (Phi) is 38.6. The zero-order valence-corrected chi connectivity index (χ0v) is 35.5. The van der Waals surface area contributed by atoms with Gasteiger partial charge in [0, 0.05) is 12.8 Å². The molecule has 0 aromatic heterocycles. The Hall–Kier alpha value is -2.07. The maximum atomic E-state index is 12.6. The van der Waals surface area contributed by atoms with Crippen molar-refractivity contribution >= 4 is 19.8 Å². The molecule has 3 N–H and O–H groups in total. The Morgan fingerprint density at radius 3 is 1.47 bits per heavy atom. The molecule has 0 aliphatic rings. The Labute approximate surface area is 334 Å². The van der Waals surface area contributed by atoms with Crippen LogP contribution in [0.25, 0.3) is 0 Å². The average Bonchev–Trinajstić information content (AvgIpc) is 3.17. The van der Waals surface area contributed by atoms with Gasteiger partial charge < -0.3 is 24.6 Å². The first kappa shape index (κ1) is 52.9. The maximum absolute atomic E-state index is 12.6. The van der Waals surface area contributed by atoms with Crippen LogP contribution >= 0.6 is 7.82 Å². The number of hydrogen-bond acceptors (Lipinski definition) is 9. The van der Waals surface area contributed by atoms with Gasteiger partial charge in [0.1, 0.15) is 12.7 Å². The van der Waals surface area contributed by atoms with E-state index in [1.54, 1.807) is 0 Å². The second-order valence-electron chi connectivity index (χ2n) is 14.4. The van der Waals surface area contributed by atoms with Crippen LogP contribution in [0, 0.1) is 0 Å².